The van der Waals surface area contributed by atoms with Crippen molar-refractivity contribution in [2.75, 3.05) is 6.54 Å². The Kier molecular flexibility index (Phi) is 6.32. The Morgan fingerprint density at radius 3 is 2.56 bits per heavy atom. The summed E-state index contributed by atoms with van der Waals surface area (Å²) in [6, 6.07) is 0.185. The van der Waals surface area contributed by atoms with Crippen LogP contribution in [0, 0.1) is 5.92 Å². The molecule has 0 heterocycles. The maximum Gasteiger partial charge on any atom is 0.0693 e. The topological polar surface area (TPSA) is 52.5 Å². The van der Waals surface area contributed by atoms with Gasteiger partial charge in [0.25, 0.3) is 0 Å². The lowest BCUT2D eigenvalue weighted by atomic mass is 10.0. The molecule has 1 saturated carbocycles. The van der Waals surface area contributed by atoms with E-state index in [1.165, 1.54) is 12.8 Å². The number of hydrogen-bond donors (Lipinski definition) is 3. The van der Waals surface area contributed by atoms with Crippen molar-refractivity contribution in [3.63, 3.8) is 0 Å². The van der Waals surface area contributed by atoms with Crippen LogP contribution in [0.15, 0.2) is 0 Å². The van der Waals surface area contributed by atoms with Gasteiger partial charge in [0.05, 0.1) is 12.2 Å². The summed E-state index contributed by atoms with van der Waals surface area (Å²) in [6.07, 6.45) is 5.81. The Hall–Kier alpha value is -0.120. The number of hydrogen-bond acceptors (Lipinski definition) is 3. The largest absolute Gasteiger partial charge is 0.392 e. The van der Waals surface area contributed by atoms with E-state index in [1.54, 1.807) is 0 Å². The van der Waals surface area contributed by atoms with E-state index in [-0.39, 0.29) is 18.2 Å². The minimum absolute atomic E-state index is 0.185. The van der Waals surface area contributed by atoms with Gasteiger partial charge < -0.3 is 15.5 Å². The number of aliphatic hydroxyl groups is 2. The molecule has 1 aliphatic rings. The lowest BCUT2D eigenvalue weighted by Gasteiger charge is -2.24. The van der Waals surface area contributed by atoms with Crippen LogP contribution in [0.1, 0.15) is 52.4 Å². The fraction of sp³-hybridized carbons (Fsp3) is 1.00. The predicted octanol–water partition coefficient (Wildman–Crippen LogP) is 1.68. The average Bonchev–Trinajstić information content (AvgIpc) is 2.39. The lowest BCUT2D eigenvalue weighted by Crippen LogP contribution is -2.42. The van der Waals surface area contributed by atoms with E-state index in [9.17, 15) is 10.2 Å². The Morgan fingerprint density at radius 2 is 1.88 bits per heavy atom. The SMILES string of the molecule is CC(C)CC(O)CNC1CCCCCC1O. The summed E-state index contributed by atoms with van der Waals surface area (Å²) in [5.74, 6) is 0.524. The standard InChI is InChI=1S/C13H27NO2/c1-10(2)8-11(15)9-14-12-6-4-3-5-7-13(12)16/h10-16H,3-9H2,1-2H3. The molecule has 0 aromatic rings. The summed E-state index contributed by atoms with van der Waals surface area (Å²) in [6.45, 7) is 4.84. The third-order valence-electron chi connectivity index (χ3n) is 3.34. The summed E-state index contributed by atoms with van der Waals surface area (Å²) in [7, 11) is 0. The molecule has 1 fully saturated rings. The Balaban J connectivity index is 2.24. The van der Waals surface area contributed by atoms with Gasteiger partial charge in [-0.25, -0.2) is 0 Å². The lowest BCUT2D eigenvalue weighted by molar-refractivity contribution is 0.0980. The van der Waals surface area contributed by atoms with E-state index >= 15 is 0 Å². The van der Waals surface area contributed by atoms with Gasteiger partial charge in [-0.3, -0.25) is 0 Å². The highest BCUT2D eigenvalue weighted by Gasteiger charge is 2.21. The Morgan fingerprint density at radius 1 is 1.19 bits per heavy atom. The zero-order chi connectivity index (χ0) is 12.0. The second-order valence-electron chi connectivity index (χ2n) is 5.50. The molecule has 0 saturated heterocycles. The van der Waals surface area contributed by atoms with Gasteiger partial charge in [0.1, 0.15) is 0 Å². The van der Waals surface area contributed by atoms with Crippen LogP contribution in [-0.2, 0) is 0 Å². The van der Waals surface area contributed by atoms with Crippen LogP contribution in [-0.4, -0.2) is 35.0 Å². The van der Waals surface area contributed by atoms with Gasteiger partial charge >= 0.3 is 0 Å². The van der Waals surface area contributed by atoms with Crippen LogP contribution in [0.3, 0.4) is 0 Å². The molecule has 0 radical (unpaired) electrons. The maximum atomic E-state index is 9.90. The van der Waals surface area contributed by atoms with Gasteiger partial charge in [-0.2, -0.15) is 0 Å². The van der Waals surface area contributed by atoms with Gasteiger partial charge in [0.2, 0.25) is 0 Å². The Labute approximate surface area is 99.3 Å². The van der Waals surface area contributed by atoms with Gasteiger partial charge in [-0.05, 0) is 25.2 Å². The van der Waals surface area contributed by atoms with Crippen molar-refractivity contribution in [3.05, 3.63) is 0 Å². The summed E-state index contributed by atoms with van der Waals surface area (Å²) < 4.78 is 0. The third kappa shape index (κ3) is 5.28. The van der Waals surface area contributed by atoms with Gasteiger partial charge in [-0.1, -0.05) is 33.1 Å². The second kappa shape index (κ2) is 7.25. The first-order valence-corrected chi connectivity index (χ1v) is 6.69. The maximum absolute atomic E-state index is 9.90. The predicted molar refractivity (Wildman–Crippen MR) is 66.3 cm³/mol. The summed E-state index contributed by atoms with van der Waals surface area (Å²) in [4.78, 5) is 0. The first-order valence-electron chi connectivity index (χ1n) is 6.69. The molecule has 0 spiro atoms. The minimum Gasteiger partial charge on any atom is -0.392 e. The van der Waals surface area contributed by atoms with Gasteiger partial charge in [0.15, 0.2) is 0 Å². The first-order chi connectivity index (χ1) is 7.59. The highest BCUT2D eigenvalue weighted by atomic mass is 16.3. The van der Waals surface area contributed by atoms with Crippen molar-refractivity contribution in [3.8, 4) is 0 Å². The molecule has 0 amide bonds. The zero-order valence-electron chi connectivity index (χ0n) is 10.7. The van der Waals surface area contributed by atoms with Crippen LogP contribution in [0.25, 0.3) is 0 Å². The quantitative estimate of drug-likeness (QED) is 0.629. The van der Waals surface area contributed by atoms with Crippen molar-refractivity contribution >= 4 is 0 Å². The van der Waals surface area contributed by atoms with Crippen LogP contribution >= 0.6 is 0 Å². The highest BCUT2D eigenvalue weighted by Crippen LogP contribution is 2.18. The fourth-order valence-electron chi connectivity index (χ4n) is 2.44. The third-order valence-corrected chi connectivity index (χ3v) is 3.34. The van der Waals surface area contributed by atoms with E-state index in [0.717, 1.165) is 25.7 Å². The van der Waals surface area contributed by atoms with Crippen LogP contribution in [0.4, 0.5) is 0 Å². The molecule has 0 aliphatic heterocycles. The van der Waals surface area contributed by atoms with E-state index < -0.39 is 0 Å². The minimum atomic E-state index is -0.282. The molecule has 3 unspecified atom stereocenters. The first kappa shape index (κ1) is 13.9. The van der Waals surface area contributed by atoms with E-state index in [2.05, 4.69) is 19.2 Å². The van der Waals surface area contributed by atoms with Crippen molar-refractivity contribution in [2.45, 2.75) is 70.6 Å². The average molecular weight is 229 g/mol. The molecule has 16 heavy (non-hydrogen) atoms. The normalized spacial score (nSPS) is 29.1. The highest BCUT2D eigenvalue weighted by molar-refractivity contribution is 4.79. The molecule has 1 aliphatic carbocycles. The molecule has 3 N–H and O–H groups in total. The number of aliphatic hydroxyl groups excluding tert-OH is 2. The molecule has 0 aromatic heterocycles. The molecule has 96 valence electrons. The van der Waals surface area contributed by atoms with Crippen molar-refractivity contribution in [1.82, 2.24) is 5.32 Å². The monoisotopic (exact) mass is 229 g/mol. The van der Waals surface area contributed by atoms with E-state index in [4.69, 9.17) is 0 Å². The van der Waals surface area contributed by atoms with Crippen molar-refractivity contribution in [2.24, 2.45) is 5.92 Å². The molecule has 1 rings (SSSR count). The van der Waals surface area contributed by atoms with Crippen molar-refractivity contribution in [1.29, 1.82) is 0 Å². The smallest absolute Gasteiger partial charge is 0.0693 e. The second-order valence-corrected chi connectivity index (χ2v) is 5.50. The van der Waals surface area contributed by atoms with Gasteiger partial charge in [0, 0.05) is 12.6 Å². The number of rotatable bonds is 5. The Bertz CT molecular complexity index is 185. The fourth-order valence-corrected chi connectivity index (χ4v) is 2.44. The van der Waals surface area contributed by atoms with Crippen LogP contribution in [0.5, 0.6) is 0 Å². The molecular formula is C13H27NO2. The van der Waals surface area contributed by atoms with Crippen LogP contribution < -0.4 is 5.32 Å². The zero-order valence-corrected chi connectivity index (χ0v) is 10.7. The summed E-state index contributed by atoms with van der Waals surface area (Å²) in [5, 5.41) is 23.0. The molecule has 3 atom stereocenters. The van der Waals surface area contributed by atoms with E-state index in [0.29, 0.717) is 12.5 Å². The molecule has 3 heteroatoms. The molecule has 0 aromatic carbocycles. The summed E-state index contributed by atoms with van der Waals surface area (Å²) >= 11 is 0. The molecule has 3 nitrogen and oxygen atoms in total. The number of nitrogens with one attached hydrogen (secondary N) is 1. The molecular weight excluding hydrogens is 202 g/mol. The van der Waals surface area contributed by atoms with Crippen molar-refractivity contribution < 1.29 is 10.2 Å². The van der Waals surface area contributed by atoms with Gasteiger partial charge in [-0.15, -0.1) is 0 Å². The van der Waals surface area contributed by atoms with Crippen LogP contribution in [0.2, 0.25) is 0 Å². The molecule has 0 bridgehead atoms. The van der Waals surface area contributed by atoms with E-state index in [1.807, 2.05) is 0 Å². The summed E-state index contributed by atoms with van der Waals surface area (Å²) in [5.41, 5.74) is 0.